The van der Waals surface area contributed by atoms with Crippen molar-refractivity contribution in [2.75, 3.05) is 19.6 Å². The molecule has 0 aliphatic carbocycles. The Balaban J connectivity index is 1.85. The zero-order valence-corrected chi connectivity index (χ0v) is 13.4. The van der Waals surface area contributed by atoms with Crippen LogP contribution in [0.2, 0.25) is 0 Å². The van der Waals surface area contributed by atoms with Gasteiger partial charge in [-0.15, -0.1) is 0 Å². The summed E-state index contributed by atoms with van der Waals surface area (Å²) in [5.41, 5.74) is 6.80. The van der Waals surface area contributed by atoms with Gasteiger partial charge in [0, 0.05) is 32.6 Å². The molecule has 1 aliphatic rings. The molecule has 0 saturated carbocycles. The van der Waals surface area contributed by atoms with Crippen LogP contribution in [0.25, 0.3) is 0 Å². The van der Waals surface area contributed by atoms with Gasteiger partial charge in [0.1, 0.15) is 5.82 Å². The van der Waals surface area contributed by atoms with Crippen LogP contribution in [0, 0.1) is 11.7 Å². The van der Waals surface area contributed by atoms with Crippen LogP contribution in [0.4, 0.5) is 4.39 Å². The Morgan fingerprint density at radius 1 is 1.35 bits per heavy atom. The number of amides is 2. The van der Waals surface area contributed by atoms with Crippen molar-refractivity contribution in [3.05, 3.63) is 35.6 Å². The van der Waals surface area contributed by atoms with Crippen LogP contribution in [0.3, 0.4) is 0 Å². The molecule has 0 unspecified atom stereocenters. The molecule has 1 fully saturated rings. The molecule has 0 bridgehead atoms. The molecular weight excluding hydrogens is 297 g/mol. The van der Waals surface area contributed by atoms with E-state index in [2.05, 4.69) is 5.32 Å². The maximum absolute atomic E-state index is 13.1. The number of nitrogens with one attached hydrogen (secondary N) is 1. The van der Waals surface area contributed by atoms with Gasteiger partial charge in [-0.05, 0) is 37.0 Å². The van der Waals surface area contributed by atoms with Crippen molar-refractivity contribution in [3.8, 4) is 0 Å². The van der Waals surface area contributed by atoms with Gasteiger partial charge in [0.25, 0.3) is 0 Å². The van der Waals surface area contributed by atoms with E-state index in [0.717, 1.165) is 12.0 Å². The summed E-state index contributed by atoms with van der Waals surface area (Å²) < 4.78 is 13.1. The van der Waals surface area contributed by atoms with E-state index >= 15 is 0 Å². The summed E-state index contributed by atoms with van der Waals surface area (Å²) in [7, 11) is 0. The first-order chi connectivity index (χ1) is 11.0. The van der Waals surface area contributed by atoms with Crippen molar-refractivity contribution in [2.45, 2.75) is 32.2 Å². The summed E-state index contributed by atoms with van der Waals surface area (Å²) in [6, 6.07) is 6.27. The topological polar surface area (TPSA) is 75.4 Å². The van der Waals surface area contributed by atoms with Crippen LogP contribution >= 0.6 is 0 Å². The first-order valence-electron chi connectivity index (χ1n) is 7.99. The van der Waals surface area contributed by atoms with Gasteiger partial charge < -0.3 is 16.0 Å². The Hall–Kier alpha value is -1.95. The average molecular weight is 321 g/mol. The lowest BCUT2D eigenvalue weighted by molar-refractivity contribution is -0.131. The average Bonchev–Trinajstić information content (AvgIpc) is 2.69. The number of rotatable bonds is 4. The third-order valence-electron chi connectivity index (χ3n) is 4.20. The molecule has 0 radical (unpaired) electrons. The lowest BCUT2D eigenvalue weighted by Crippen LogP contribution is -2.42. The second-order valence-electron chi connectivity index (χ2n) is 6.13. The van der Waals surface area contributed by atoms with Crippen LogP contribution in [0.5, 0.6) is 0 Å². The highest BCUT2D eigenvalue weighted by molar-refractivity contribution is 5.80. The van der Waals surface area contributed by atoms with E-state index in [4.69, 9.17) is 5.73 Å². The molecule has 0 spiro atoms. The molecular formula is C17H24FN3O2. The van der Waals surface area contributed by atoms with E-state index in [-0.39, 0.29) is 29.6 Å². The molecule has 6 heteroatoms. The Morgan fingerprint density at radius 2 is 2.13 bits per heavy atom. The van der Waals surface area contributed by atoms with Crippen LogP contribution in [-0.2, 0) is 16.0 Å². The molecule has 1 aromatic carbocycles. The van der Waals surface area contributed by atoms with E-state index in [1.54, 1.807) is 11.0 Å². The number of hydrogen-bond donors (Lipinski definition) is 2. The molecule has 2 atom stereocenters. The van der Waals surface area contributed by atoms with Crippen molar-refractivity contribution in [2.24, 2.45) is 11.7 Å². The van der Waals surface area contributed by atoms with Gasteiger partial charge in [-0.25, -0.2) is 4.39 Å². The highest BCUT2D eigenvalue weighted by Gasteiger charge is 2.27. The fraction of sp³-hybridized carbons (Fsp3) is 0.529. The molecule has 126 valence electrons. The number of carbonyl (C=O) groups is 2. The first-order valence-corrected chi connectivity index (χ1v) is 7.99. The van der Waals surface area contributed by atoms with Crippen molar-refractivity contribution in [3.63, 3.8) is 0 Å². The van der Waals surface area contributed by atoms with Crippen molar-refractivity contribution < 1.29 is 14.0 Å². The minimum atomic E-state index is -0.274. The molecule has 5 nitrogen and oxygen atoms in total. The van der Waals surface area contributed by atoms with E-state index in [1.165, 1.54) is 19.1 Å². The minimum Gasteiger partial charge on any atom is -0.355 e. The summed E-state index contributed by atoms with van der Waals surface area (Å²) in [6.45, 7) is 2.86. The van der Waals surface area contributed by atoms with Gasteiger partial charge >= 0.3 is 0 Å². The second-order valence-corrected chi connectivity index (χ2v) is 6.13. The van der Waals surface area contributed by atoms with Crippen LogP contribution in [0.15, 0.2) is 24.3 Å². The Morgan fingerprint density at radius 3 is 2.83 bits per heavy atom. The minimum absolute atomic E-state index is 0.0556. The Labute approximate surface area is 136 Å². The summed E-state index contributed by atoms with van der Waals surface area (Å²) >= 11 is 0. The highest BCUT2D eigenvalue weighted by Crippen LogP contribution is 2.16. The van der Waals surface area contributed by atoms with Crippen LogP contribution < -0.4 is 11.1 Å². The summed E-state index contributed by atoms with van der Waals surface area (Å²) in [4.78, 5) is 25.6. The molecule has 1 aromatic rings. The SMILES string of the molecule is CC(=O)N1C[C@@H](N)CC[C@@H](C(=O)NCCc2cccc(F)c2)C1. The Kier molecular flexibility index (Phi) is 6.10. The van der Waals surface area contributed by atoms with E-state index in [0.29, 0.717) is 32.5 Å². The third-order valence-corrected chi connectivity index (χ3v) is 4.20. The standard InChI is InChI=1S/C17H24FN3O2/c1-12(22)21-10-14(5-6-16(19)11-21)17(23)20-8-7-13-3-2-4-15(18)9-13/h2-4,9,14,16H,5-8,10-11,19H2,1H3,(H,20,23)/t14-,16+/m1/s1. The number of hydrogen-bond acceptors (Lipinski definition) is 3. The van der Waals surface area contributed by atoms with E-state index in [1.807, 2.05) is 6.07 Å². The summed E-state index contributed by atoms with van der Waals surface area (Å²) in [6.07, 6.45) is 1.98. The number of nitrogens with zero attached hydrogens (tertiary/aromatic N) is 1. The van der Waals surface area contributed by atoms with Crippen molar-refractivity contribution >= 4 is 11.8 Å². The smallest absolute Gasteiger partial charge is 0.224 e. The maximum Gasteiger partial charge on any atom is 0.224 e. The van der Waals surface area contributed by atoms with E-state index < -0.39 is 0 Å². The molecule has 3 N–H and O–H groups in total. The second kappa shape index (κ2) is 8.06. The molecule has 1 aliphatic heterocycles. The van der Waals surface area contributed by atoms with Crippen molar-refractivity contribution in [1.82, 2.24) is 10.2 Å². The van der Waals surface area contributed by atoms with Crippen molar-refractivity contribution in [1.29, 1.82) is 0 Å². The van der Waals surface area contributed by atoms with Gasteiger partial charge in [0.05, 0.1) is 5.92 Å². The molecule has 0 aromatic heterocycles. The largest absolute Gasteiger partial charge is 0.355 e. The third kappa shape index (κ3) is 5.32. The molecule has 2 rings (SSSR count). The van der Waals surface area contributed by atoms with Gasteiger partial charge in [0.15, 0.2) is 0 Å². The predicted octanol–water partition coefficient (Wildman–Crippen LogP) is 1.07. The monoisotopic (exact) mass is 321 g/mol. The molecule has 1 saturated heterocycles. The van der Waals surface area contributed by atoms with Gasteiger partial charge in [-0.2, -0.15) is 0 Å². The van der Waals surface area contributed by atoms with Crippen LogP contribution in [0.1, 0.15) is 25.3 Å². The number of likely N-dealkylation sites (tertiary alicyclic amines) is 1. The summed E-state index contributed by atoms with van der Waals surface area (Å²) in [5.74, 6) is -0.634. The number of nitrogens with two attached hydrogens (primary N) is 1. The normalized spacial score (nSPS) is 21.6. The summed E-state index contributed by atoms with van der Waals surface area (Å²) in [5, 5.41) is 2.88. The molecule has 1 heterocycles. The van der Waals surface area contributed by atoms with Gasteiger partial charge in [-0.1, -0.05) is 12.1 Å². The van der Waals surface area contributed by atoms with Crippen LogP contribution in [-0.4, -0.2) is 42.4 Å². The maximum atomic E-state index is 13.1. The predicted molar refractivity (Wildman–Crippen MR) is 86.1 cm³/mol. The highest BCUT2D eigenvalue weighted by atomic mass is 19.1. The zero-order chi connectivity index (χ0) is 16.8. The number of halogens is 1. The number of carbonyl (C=O) groups excluding carboxylic acids is 2. The first kappa shape index (κ1) is 17.4. The van der Waals surface area contributed by atoms with Gasteiger partial charge in [0.2, 0.25) is 11.8 Å². The quantitative estimate of drug-likeness (QED) is 0.871. The van der Waals surface area contributed by atoms with Gasteiger partial charge in [-0.3, -0.25) is 9.59 Å². The molecule has 2 amide bonds. The lowest BCUT2D eigenvalue weighted by atomic mass is 10.0. The fourth-order valence-corrected chi connectivity index (χ4v) is 2.86. The lowest BCUT2D eigenvalue weighted by Gasteiger charge is -2.23. The van der Waals surface area contributed by atoms with E-state index in [9.17, 15) is 14.0 Å². The molecule has 23 heavy (non-hydrogen) atoms. The fourth-order valence-electron chi connectivity index (χ4n) is 2.86. The Bertz CT molecular complexity index is 565. The zero-order valence-electron chi connectivity index (χ0n) is 13.4. The number of benzene rings is 1.